The van der Waals surface area contributed by atoms with Crippen LogP contribution in [0.2, 0.25) is 5.15 Å². The number of carbonyl (C=O) groups is 1. The molecule has 0 saturated carbocycles. The van der Waals surface area contributed by atoms with Crippen molar-refractivity contribution in [2.75, 3.05) is 0 Å². The van der Waals surface area contributed by atoms with E-state index in [9.17, 15) is 9.18 Å². The standard InChI is InChI=1S/C12H8ClFN2O2/c13-10-6-9(12(17)18)15-11(16-10)5-7-1-3-8(14)4-2-7/h1-4,6H,5H2,(H,17,18). The van der Waals surface area contributed by atoms with Crippen molar-refractivity contribution in [1.29, 1.82) is 0 Å². The van der Waals surface area contributed by atoms with E-state index in [4.69, 9.17) is 16.7 Å². The summed E-state index contributed by atoms with van der Waals surface area (Å²) in [4.78, 5) is 18.6. The predicted octanol–water partition coefficient (Wildman–Crippen LogP) is 2.56. The molecule has 1 heterocycles. The van der Waals surface area contributed by atoms with Gasteiger partial charge in [-0.15, -0.1) is 0 Å². The van der Waals surface area contributed by atoms with Crippen LogP contribution in [-0.4, -0.2) is 21.0 Å². The largest absolute Gasteiger partial charge is 0.477 e. The lowest BCUT2D eigenvalue weighted by atomic mass is 10.1. The average Bonchev–Trinajstić information content (AvgIpc) is 2.31. The Morgan fingerprint density at radius 3 is 2.56 bits per heavy atom. The average molecular weight is 267 g/mol. The highest BCUT2D eigenvalue weighted by molar-refractivity contribution is 6.29. The van der Waals surface area contributed by atoms with Crippen molar-refractivity contribution in [3.05, 3.63) is 58.4 Å². The quantitative estimate of drug-likeness (QED) is 0.867. The highest BCUT2D eigenvalue weighted by atomic mass is 35.5. The molecule has 0 spiro atoms. The van der Waals surface area contributed by atoms with Gasteiger partial charge in [0.1, 0.15) is 16.8 Å². The first kappa shape index (κ1) is 12.4. The number of carboxylic acid groups (broad SMARTS) is 1. The van der Waals surface area contributed by atoms with Gasteiger partial charge in [-0.3, -0.25) is 0 Å². The highest BCUT2D eigenvalue weighted by Gasteiger charge is 2.09. The van der Waals surface area contributed by atoms with Crippen LogP contribution in [0, 0.1) is 5.82 Å². The van der Waals surface area contributed by atoms with Gasteiger partial charge < -0.3 is 5.11 Å². The fourth-order valence-corrected chi connectivity index (χ4v) is 1.64. The summed E-state index contributed by atoms with van der Waals surface area (Å²) in [6, 6.07) is 6.98. The number of rotatable bonds is 3. The fraction of sp³-hybridized carbons (Fsp3) is 0.0833. The third-order valence-electron chi connectivity index (χ3n) is 2.24. The Labute approximate surface area is 107 Å². The van der Waals surface area contributed by atoms with E-state index in [2.05, 4.69) is 9.97 Å². The van der Waals surface area contributed by atoms with E-state index in [-0.39, 0.29) is 22.5 Å². The summed E-state index contributed by atoms with van der Waals surface area (Å²) in [5.41, 5.74) is 0.613. The smallest absolute Gasteiger partial charge is 0.354 e. The molecule has 1 aromatic heterocycles. The lowest BCUT2D eigenvalue weighted by Crippen LogP contribution is -2.06. The molecule has 4 nitrogen and oxygen atoms in total. The second-order valence-corrected chi connectivity index (χ2v) is 3.99. The second kappa shape index (κ2) is 5.10. The van der Waals surface area contributed by atoms with E-state index in [1.54, 1.807) is 12.1 Å². The van der Waals surface area contributed by atoms with Gasteiger partial charge in [0.15, 0.2) is 5.69 Å². The molecule has 92 valence electrons. The molecular formula is C12H8ClFN2O2. The monoisotopic (exact) mass is 266 g/mol. The van der Waals surface area contributed by atoms with Gasteiger partial charge in [-0.2, -0.15) is 0 Å². The molecule has 6 heteroatoms. The molecule has 0 unspecified atom stereocenters. The lowest BCUT2D eigenvalue weighted by molar-refractivity contribution is 0.0690. The zero-order valence-electron chi connectivity index (χ0n) is 9.10. The number of carboxylic acids is 1. The summed E-state index contributed by atoms with van der Waals surface area (Å²) in [5.74, 6) is -1.22. The van der Waals surface area contributed by atoms with Crippen molar-refractivity contribution in [3.8, 4) is 0 Å². The van der Waals surface area contributed by atoms with E-state index in [0.29, 0.717) is 6.42 Å². The van der Waals surface area contributed by atoms with Crippen LogP contribution in [0.15, 0.2) is 30.3 Å². The van der Waals surface area contributed by atoms with Gasteiger partial charge in [0, 0.05) is 12.5 Å². The minimum atomic E-state index is -1.17. The van der Waals surface area contributed by atoms with E-state index < -0.39 is 5.97 Å². The zero-order valence-corrected chi connectivity index (χ0v) is 9.86. The highest BCUT2D eigenvalue weighted by Crippen LogP contribution is 2.12. The molecule has 0 bridgehead atoms. The number of halogens is 2. The normalized spacial score (nSPS) is 10.3. The van der Waals surface area contributed by atoms with Crippen LogP contribution in [0.25, 0.3) is 0 Å². The van der Waals surface area contributed by atoms with Crippen molar-refractivity contribution in [2.24, 2.45) is 0 Å². The molecule has 18 heavy (non-hydrogen) atoms. The summed E-state index contributed by atoms with van der Waals surface area (Å²) < 4.78 is 12.7. The van der Waals surface area contributed by atoms with E-state index in [1.165, 1.54) is 18.2 Å². The van der Waals surface area contributed by atoms with Crippen LogP contribution < -0.4 is 0 Å². The molecule has 0 amide bonds. The minimum Gasteiger partial charge on any atom is -0.477 e. The molecule has 0 aliphatic rings. The summed E-state index contributed by atoms with van der Waals surface area (Å²) in [7, 11) is 0. The first-order chi connectivity index (χ1) is 8.54. The van der Waals surface area contributed by atoms with Crippen LogP contribution in [0.5, 0.6) is 0 Å². The van der Waals surface area contributed by atoms with Gasteiger partial charge in [-0.1, -0.05) is 23.7 Å². The van der Waals surface area contributed by atoms with Gasteiger partial charge in [-0.05, 0) is 17.7 Å². The predicted molar refractivity (Wildman–Crippen MR) is 63.2 cm³/mol. The molecule has 0 saturated heterocycles. The maximum absolute atomic E-state index is 12.7. The Bertz CT molecular complexity index is 587. The summed E-state index contributed by atoms with van der Waals surface area (Å²) in [6.07, 6.45) is 0.293. The maximum atomic E-state index is 12.7. The Morgan fingerprint density at radius 1 is 1.28 bits per heavy atom. The second-order valence-electron chi connectivity index (χ2n) is 3.60. The number of aromatic carboxylic acids is 1. The van der Waals surface area contributed by atoms with Gasteiger partial charge >= 0.3 is 5.97 Å². The van der Waals surface area contributed by atoms with Crippen LogP contribution in [0.1, 0.15) is 21.9 Å². The number of aromatic nitrogens is 2. The zero-order chi connectivity index (χ0) is 13.1. The molecule has 0 atom stereocenters. The molecule has 2 rings (SSSR count). The summed E-state index contributed by atoms with van der Waals surface area (Å²) in [6.45, 7) is 0. The lowest BCUT2D eigenvalue weighted by Gasteiger charge is -2.02. The SMILES string of the molecule is O=C(O)c1cc(Cl)nc(Cc2ccc(F)cc2)n1. The Morgan fingerprint density at radius 2 is 1.94 bits per heavy atom. The molecule has 0 aliphatic heterocycles. The molecule has 0 aliphatic carbocycles. The summed E-state index contributed by atoms with van der Waals surface area (Å²) >= 11 is 5.71. The molecule has 0 fully saturated rings. The van der Waals surface area contributed by atoms with E-state index >= 15 is 0 Å². The van der Waals surface area contributed by atoms with Gasteiger partial charge in [0.05, 0.1) is 0 Å². The molecule has 2 aromatic rings. The van der Waals surface area contributed by atoms with Crippen molar-refractivity contribution < 1.29 is 14.3 Å². The van der Waals surface area contributed by atoms with Crippen molar-refractivity contribution >= 4 is 17.6 Å². The van der Waals surface area contributed by atoms with E-state index in [0.717, 1.165) is 5.56 Å². The molecule has 1 N–H and O–H groups in total. The van der Waals surface area contributed by atoms with Crippen molar-refractivity contribution in [2.45, 2.75) is 6.42 Å². The number of hydrogen-bond acceptors (Lipinski definition) is 3. The maximum Gasteiger partial charge on any atom is 0.354 e. The topological polar surface area (TPSA) is 63.1 Å². The minimum absolute atomic E-state index is 0.0690. The van der Waals surface area contributed by atoms with Gasteiger partial charge in [0.25, 0.3) is 0 Å². The number of benzene rings is 1. The number of nitrogens with zero attached hydrogens (tertiary/aromatic N) is 2. The third-order valence-corrected chi connectivity index (χ3v) is 2.43. The van der Waals surface area contributed by atoms with Crippen LogP contribution in [-0.2, 0) is 6.42 Å². The fourth-order valence-electron chi connectivity index (χ4n) is 1.44. The Hall–Kier alpha value is -2.01. The Kier molecular flexibility index (Phi) is 3.53. The van der Waals surface area contributed by atoms with Gasteiger partial charge in [0.2, 0.25) is 0 Å². The van der Waals surface area contributed by atoms with Crippen LogP contribution >= 0.6 is 11.6 Å². The molecular weight excluding hydrogens is 259 g/mol. The van der Waals surface area contributed by atoms with Gasteiger partial charge in [-0.25, -0.2) is 19.2 Å². The van der Waals surface area contributed by atoms with Crippen LogP contribution in [0.3, 0.4) is 0 Å². The Balaban J connectivity index is 2.28. The van der Waals surface area contributed by atoms with Crippen molar-refractivity contribution in [1.82, 2.24) is 9.97 Å². The third kappa shape index (κ3) is 3.01. The summed E-state index contributed by atoms with van der Waals surface area (Å²) in [5, 5.41) is 8.91. The first-order valence-electron chi connectivity index (χ1n) is 5.06. The van der Waals surface area contributed by atoms with E-state index in [1.807, 2.05) is 0 Å². The van der Waals surface area contributed by atoms with Crippen LogP contribution in [0.4, 0.5) is 4.39 Å². The molecule has 0 radical (unpaired) electrons. The number of hydrogen-bond donors (Lipinski definition) is 1. The first-order valence-corrected chi connectivity index (χ1v) is 5.43. The molecule has 1 aromatic carbocycles. The van der Waals surface area contributed by atoms with Crippen molar-refractivity contribution in [3.63, 3.8) is 0 Å².